The first-order valence-corrected chi connectivity index (χ1v) is 11.7. The van der Waals surface area contributed by atoms with E-state index in [-0.39, 0.29) is 0 Å². The van der Waals surface area contributed by atoms with Crippen molar-refractivity contribution in [3.63, 3.8) is 0 Å². The highest BCUT2D eigenvalue weighted by atomic mass is 28.3. The second-order valence-electron chi connectivity index (χ2n) is 6.67. The fourth-order valence-corrected chi connectivity index (χ4v) is 5.86. The molecule has 1 fully saturated rings. The summed E-state index contributed by atoms with van der Waals surface area (Å²) in [7, 11) is -0.710. The van der Waals surface area contributed by atoms with Crippen LogP contribution in [0.2, 0.25) is 12.1 Å². The zero-order chi connectivity index (χ0) is 14.3. The van der Waals surface area contributed by atoms with E-state index in [0.29, 0.717) is 0 Å². The molecule has 1 aliphatic heterocycles. The van der Waals surface area contributed by atoms with Crippen molar-refractivity contribution in [3.05, 3.63) is 0 Å². The minimum Gasteiger partial charge on any atom is -0.420 e. The van der Waals surface area contributed by atoms with Gasteiger partial charge in [-0.2, -0.15) is 0 Å². The molecule has 20 heavy (non-hydrogen) atoms. The molecule has 0 aromatic heterocycles. The molecular formula is C18H38OSi. The molecule has 1 rings (SSSR count). The number of hydrogen-bond donors (Lipinski definition) is 0. The van der Waals surface area contributed by atoms with Crippen LogP contribution < -0.4 is 0 Å². The van der Waals surface area contributed by atoms with Gasteiger partial charge in [0.05, 0.1) is 0 Å². The molecular weight excluding hydrogens is 260 g/mol. The van der Waals surface area contributed by atoms with Gasteiger partial charge >= 0.3 is 0 Å². The second kappa shape index (κ2) is 14.1. The summed E-state index contributed by atoms with van der Waals surface area (Å²) < 4.78 is 5.92. The third-order valence-electron chi connectivity index (χ3n) is 4.65. The highest BCUT2D eigenvalue weighted by molar-refractivity contribution is 6.51. The Morgan fingerprint density at radius 1 is 0.700 bits per heavy atom. The zero-order valence-corrected chi connectivity index (χ0v) is 15.2. The second-order valence-corrected chi connectivity index (χ2v) is 9.40. The molecule has 0 amide bonds. The van der Waals surface area contributed by atoms with Crippen molar-refractivity contribution in [1.82, 2.24) is 0 Å². The SMILES string of the molecule is CCCCCCCCCCCCCC[SiH]1CCCCO1. The monoisotopic (exact) mass is 298 g/mol. The first kappa shape index (κ1) is 18.2. The Morgan fingerprint density at radius 2 is 1.25 bits per heavy atom. The quantitative estimate of drug-likeness (QED) is 0.289. The lowest BCUT2D eigenvalue weighted by atomic mass is 10.1. The molecule has 120 valence electrons. The fraction of sp³-hybridized carbons (Fsp3) is 1.00. The van der Waals surface area contributed by atoms with Crippen LogP contribution in [0.5, 0.6) is 0 Å². The molecule has 0 saturated carbocycles. The molecule has 2 heteroatoms. The molecule has 1 heterocycles. The number of rotatable bonds is 13. The standard InChI is InChI=1S/C18H38OSi/c1-2-3-4-5-6-7-8-9-10-11-12-14-17-20-18-15-13-16-19-20/h20H,2-18H2,1H3. The maximum Gasteiger partial charge on any atom is 0.176 e. The van der Waals surface area contributed by atoms with Crippen LogP contribution in [0.1, 0.15) is 96.8 Å². The van der Waals surface area contributed by atoms with Crippen LogP contribution in [0.3, 0.4) is 0 Å². The van der Waals surface area contributed by atoms with Gasteiger partial charge in [0.2, 0.25) is 0 Å². The molecule has 0 aliphatic carbocycles. The average molecular weight is 299 g/mol. The van der Waals surface area contributed by atoms with E-state index in [1.807, 2.05) is 0 Å². The Morgan fingerprint density at radius 3 is 1.75 bits per heavy atom. The van der Waals surface area contributed by atoms with E-state index in [4.69, 9.17) is 4.43 Å². The van der Waals surface area contributed by atoms with Gasteiger partial charge in [0.15, 0.2) is 9.04 Å². The van der Waals surface area contributed by atoms with Crippen LogP contribution in [0.15, 0.2) is 0 Å². The Labute approximate surface area is 129 Å². The van der Waals surface area contributed by atoms with Gasteiger partial charge < -0.3 is 4.43 Å². The first-order valence-electron chi connectivity index (χ1n) is 9.55. The summed E-state index contributed by atoms with van der Waals surface area (Å²) in [4.78, 5) is 0. The molecule has 1 atom stereocenters. The zero-order valence-electron chi connectivity index (χ0n) is 14.0. The van der Waals surface area contributed by atoms with Gasteiger partial charge in [0, 0.05) is 6.61 Å². The topological polar surface area (TPSA) is 9.23 Å². The predicted octanol–water partition coefficient (Wildman–Crippen LogP) is 6.22. The lowest BCUT2D eigenvalue weighted by Crippen LogP contribution is -2.22. The van der Waals surface area contributed by atoms with Crippen LogP contribution in [-0.2, 0) is 4.43 Å². The van der Waals surface area contributed by atoms with E-state index in [9.17, 15) is 0 Å². The van der Waals surface area contributed by atoms with Gasteiger partial charge in [-0.05, 0) is 18.5 Å². The van der Waals surface area contributed by atoms with E-state index >= 15 is 0 Å². The lowest BCUT2D eigenvalue weighted by molar-refractivity contribution is 0.285. The summed E-state index contributed by atoms with van der Waals surface area (Å²) in [5, 5.41) is 0. The fourth-order valence-electron chi connectivity index (χ4n) is 3.25. The van der Waals surface area contributed by atoms with Crippen LogP contribution in [0.25, 0.3) is 0 Å². The van der Waals surface area contributed by atoms with E-state index in [0.717, 1.165) is 6.61 Å². The van der Waals surface area contributed by atoms with Crippen molar-refractivity contribution >= 4 is 9.04 Å². The molecule has 1 unspecified atom stereocenters. The minimum absolute atomic E-state index is 0.710. The van der Waals surface area contributed by atoms with Gasteiger partial charge in [0.25, 0.3) is 0 Å². The van der Waals surface area contributed by atoms with Gasteiger partial charge in [-0.3, -0.25) is 0 Å². The molecule has 1 aliphatic rings. The van der Waals surface area contributed by atoms with Crippen molar-refractivity contribution in [2.45, 2.75) is 109 Å². The van der Waals surface area contributed by atoms with Gasteiger partial charge in [-0.15, -0.1) is 0 Å². The molecule has 1 nitrogen and oxygen atoms in total. The normalized spacial score (nSPS) is 19.4. The predicted molar refractivity (Wildman–Crippen MR) is 93.0 cm³/mol. The van der Waals surface area contributed by atoms with Crippen LogP contribution in [0.4, 0.5) is 0 Å². The molecule has 0 aromatic rings. The van der Waals surface area contributed by atoms with E-state index in [1.54, 1.807) is 0 Å². The molecule has 0 bridgehead atoms. The third kappa shape index (κ3) is 10.9. The Hall–Kier alpha value is 0.177. The summed E-state index contributed by atoms with van der Waals surface area (Å²) in [5.41, 5.74) is 0. The van der Waals surface area contributed by atoms with Crippen molar-refractivity contribution in [2.24, 2.45) is 0 Å². The first-order chi connectivity index (χ1) is 9.93. The minimum atomic E-state index is -0.710. The summed E-state index contributed by atoms with van der Waals surface area (Å²) in [6.45, 7) is 3.37. The van der Waals surface area contributed by atoms with E-state index < -0.39 is 9.04 Å². The van der Waals surface area contributed by atoms with Gasteiger partial charge in [0.1, 0.15) is 0 Å². The van der Waals surface area contributed by atoms with E-state index in [2.05, 4.69) is 6.92 Å². The van der Waals surface area contributed by atoms with Crippen LogP contribution in [0, 0.1) is 0 Å². The summed E-state index contributed by atoms with van der Waals surface area (Å²) in [6.07, 6.45) is 20.3. The molecule has 1 saturated heterocycles. The summed E-state index contributed by atoms with van der Waals surface area (Å²) >= 11 is 0. The maximum absolute atomic E-state index is 5.92. The lowest BCUT2D eigenvalue weighted by Gasteiger charge is -2.20. The highest BCUT2D eigenvalue weighted by Gasteiger charge is 2.14. The van der Waals surface area contributed by atoms with E-state index in [1.165, 1.54) is 102 Å². The number of unbranched alkanes of at least 4 members (excludes halogenated alkanes) is 11. The smallest absolute Gasteiger partial charge is 0.176 e. The van der Waals surface area contributed by atoms with Crippen molar-refractivity contribution in [1.29, 1.82) is 0 Å². The molecule has 0 aromatic carbocycles. The Kier molecular flexibility index (Phi) is 12.9. The maximum atomic E-state index is 5.92. The Bertz CT molecular complexity index is 190. The van der Waals surface area contributed by atoms with Gasteiger partial charge in [-0.25, -0.2) is 0 Å². The highest BCUT2D eigenvalue weighted by Crippen LogP contribution is 2.18. The third-order valence-corrected chi connectivity index (χ3v) is 7.47. The van der Waals surface area contributed by atoms with Crippen molar-refractivity contribution < 1.29 is 4.43 Å². The average Bonchev–Trinajstić information content (AvgIpc) is 2.49. The summed E-state index contributed by atoms with van der Waals surface area (Å²) in [5.74, 6) is 0. The van der Waals surface area contributed by atoms with Crippen molar-refractivity contribution in [2.75, 3.05) is 6.61 Å². The molecule has 0 spiro atoms. The van der Waals surface area contributed by atoms with Crippen LogP contribution in [-0.4, -0.2) is 15.6 Å². The molecule has 0 N–H and O–H groups in total. The molecule has 0 radical (unpaired) electrons. The summed E-state index contributed by atoms with van der Waals surface area (Å²) in [6, 6.07) is 2.91. The largest absolute Gasteiger partial charge is 0.420 e. The van der Waals surface area contributed by atoms with Gasteiger partial charge in [-0.1, -0.05) is 90.4 Å². The van der Waals surface area contributed by atoms with Crippen molar-refractivity contribution in [3.8, 4) is 0 Å². The Balaban J connectivity index is 1.70. The number of hydrogen-bond acceptors (Lipinski definition) is 1. The van der Waals surface area contributed by atoms with Crippen LogP contribution >= 0.6 is 0 Å².